The largest absolute Gasteiger partial charge is 0.344 e. The van der Waals surface area contributed by atoms with Crippen LogP contribution >= 0.6 is 11.5 Å². The van der Waals surface area contributed by atoms with Gasteiger partial charge in [0, 0.05) is 43.3 Å². The zero-order valence-electron chi connectivity index (χ0n) is 11.4. The van der Waals surface area contributed by atoms with Crippen LogP contribution in [-0.2, 0) is 0 Å². The smallest absolute Gasteiger partial charge is 0.205 e. The standard InChI is InChI=1S/C14H17FN4S/c1-2-18-6-8-19(9-7-18)14-16-13(17-20-14)11-4-3-5-12(15)10-11/h3-5,10H,2,6-9H2,1H3. The summed E-state index contributed by atoms with van der Waals surface area (Å²) in [5.41, 5.74) is 0.736. The molecule has 6 heteroatoms. The third-order valence-corrected chi connectivity index (χ3v) is 4.37. The summed E-state index contributed by atoms with van der Waals surface area (Å²) in [4.78, 5) is 9.22. The second kappa shape index (κ2) is 5.85. The summed E-state index contributed by atoms with van der Waals surface area (Å²) in [6, 6.07) is 6.43. The Morgan fingerprint density at radius 1 is 1.25 bits per heavy atom. The van der Waals surface area contributed by atoms with E-state index in [1.54, 1.807) is 6.07 Å². The molecule has 0 atom stereocenters. The lowest BCUT2D eigenvalue weighted by molar-refractivity contribution is 0.271. The van der Waals surface area contributed by atoms with E-state index < -0.39 is 0 Å². The number of benzene rings is 1. The number of nitrogens with zero attached hydrogens (tertiary/aromatic N) is 4. The molecule has 0 saturated carbocycles. The van der Waals surface area contributed by atoms with Gasteiger partial charge in [-0.25, -0.2) is 4.39 Å². The maximum Gasteiger partial charge on any atom is 0.205 e. The highest BCUT2D eigenvalue weighted by Crippen LogP contribution is 2.25. The molecule has 20 heavy (non-hydrogen) atoms. The molecule has 2 aromatic rings. The van der Waals surface area contributed by atoms with Crippen molar-refractivity contribution in [2.45, 2.75) is 6.92 Å². The van der Waals surface area contributed by atoms with E-state index in [9.17, 15) is 4.39 Å². The van der Waals surface area contributed by atoms with Gasteiger partial charge in [-0.05, 0) is 18.7 Å². The second-order valence-electron chi connectivity index (χ2n) is 4.83. The first kappa shape index (κ1) is 13.5. The van der Waals surface area contributed by atoms with Crippen molar-refractivity contribution >= 4 is 16.7 Å². The van der Waals surface area contributed by atoms with Crippen LogP contribution < -0.4 is 4.90 Å². The maximum absolute atomic E-state index is 13.2. The molecule has 0 unspecified atom stereocenters. The summed E-state index contributed by atoms with van der Waals surface area (Å²) in [6.45, 7) is 7.36. The van der Waals surface area contributed by atoms with Gasteiger partial charge in [0.25, 0.3) is 0 Å². The predicted octanol–water partition coefficient (Wildman–Crippen LogP) is 2.49. The van der Waals surface area contributed by atoms with Crippen LogP contribution in [0.25, 0.3) is 11.4 Å². The molecule has 1 saturated heterocycles. The van der Waals surface area contributed by atoms with Crippen molar-refractivity contribution in [3.05, 3.63) is 30.1 Å². The summed E-state index contributed by atoms with van der Waals surface area (Å²) in [7, 11) is 0. The first-order valence-corrected chi connectivity index (χ1v) is 7.60. The van der Waals surface area contributed by atoms with Crippen molar-refractivity contribution in [3.63, 3.8) is 0 Å². The Balaban J connectivity index is 1.74. The van der Waals surface area contributed by atoms with E-state index in [0.29, 0.717) is 5.82 Å². The monoisotopic (exact) mass is 292 g/mol. The van der Waals surface area contributed by atoms with E-state index in [2.05, 4.69) is 26.1 Å². The van der Waals surface area contributed by atoms with Crippen molar-refractivity contribution in [1.29, 1.82) is 0 Å². The molecule has 4 nitrogen and oxygen atoms in total. The number of aromatic nitrogens is 2. The van der Waals surface area contributed by atoms with Gasteiger partial charge in [0.1, 0.15) is 5.82 Å². The molecule has 1 fully saturated rings. The summed E-state index contributed by atoms with van der Waals surface area (Å²) in [5.74, 6) is 0.359. The fraction of sp³-hybridized carbons (Fsp3) is 0.429. The molecule has 1 aromatic carbocycles. The van der Waals surface area contributed by atoms with E-state index >= 15 is 0 Å². The van der Waals surface area contributed by atoms with E-state index in [4.69, 9.17) is 0 Å². The molecule has 0 radical (unpaired) electrons. The van der Waals surface area contributed by atoms with E-state index in [-0.39, 0.29) is 5.82 Å². The Bertz CT molecular complexity index is 578. The highest BCUT2D eigenvalue weighted by molar-refractivity contribution is 7.09. The predicted molar refractivity (Wildman–Crippen MR) is 79.6 cm³/mol. The molecule has 106 valence electrons. The Labute approximate surface area is 122 Å². The van der Waals surface area contributed by atoms with Gasteiger partial charge in [-0.1, -0.05) is 19.1 Å². The quantitative estimate of drug-likeness (QED) is 0.870. The molecule has 0 N–H and O–H groups in total. The number of anilines is 1. The SMILES string of the molecule is CCN1CCN(c2nc(-c3cccc(F)c3)ns2)CC1. The van der Waals surface area contributed by atoms with Crippen molar-refractivity contribution in [2.75, 3.05) is 37.6 Å². The zero-order valence-corrected chi connectivity index (χ0v) is 12.2. The van der Waals surface area contributed by atoms with E-state index in [1.807, 2.05) is 6.07 Å². The molecule has 1 aromatic heterocycles. The molecule has 2 heterocycles. The first-order chi connectivity index (χ1) is 9.76. The minimum Gasteiger partial charge on any atom is -0.344 e. The van der Waals surface area contributed by atoms with Crippen LogP contribution in [0.5, 0.6) is 0 Å². The van der Waals surface area contributed by atoms with Gasteiger partial charge < -0.3 is 9.80 Å². The van der Waals surface area contributed by atoms with Crippen LogP contribution in [0.1, 0.15) is 6.92 Å². The van der Waals surface area contributed by atoms with E-state index in [1.165, 1.54) is 23.7 Å². The van der Waals surface area contributed by atoms with Crippen molar-refractivity contribution in [2.24, 2.45) is 0 Å². The number of hydrogen-bond donors (Lipinski definition) is 0. The van der Waals surface area contributed by atoms with Gasteiger partial charge in [0.05, 0.1) is 0 Å². The fourth-order valence-corrected chi connectivity index (χ4v) is 3.08. The highest BCUT2D eigenvalue weighted by Gasteiger charge is 2.19. The Kier molecular flexibility index (Phi) is 3.93. The maximum atomic E-state index is 13.2. The number of halogens is 1. The molecular weight excluding hydrogens is 275 g/mol. The summed E-state index contributed by atoms with van der Waals surface area (Å²) < 4.78 is 17.6. The summed E-state index contributed by atoms with van der Waals surface area (Å²) in [5, 5.41) is 0.931. The number of rotatable bonds is 3. The molecule has 0 amide bonds. The van der Waals surface area contributed by atoms with Crippen molar-refractivity contribution in [1.82, 2.24) is 14.3 Å². The molecule has 0 aliphatic carbocycles. The lowest BCUT2D eigenvalue weighted by Crippen LogP contribution is -2.46. The van der Waals surface area contributed by atoms with Gasteiger partial charge >= 0.3 is 0 Å². The number of piperazine rings is 1. The Morgan fingerprint density at radius 3 is 2.75 bits per heavy atom. The normalized spacial score (nSPS) is 16.6. The molecule has 1 aliphatic rings. The van der Waals surface area contributed by atoms with Gasteiger partial charge in [0.15, 0.2) is 5.82 Å². The fourth-order valence-electron chi connectivity index (χ4n) is 2.34. The van der Waals surface area contributed by atoms with Gasteiger partial charge in [-0.3, -0.25) is 0 Å². The van der Waals surface area contributed by atoms with Gasteiger partial charge in [0.2, 0.25) is 5.13 Å². The molecule has 3 rings (SSSR count). The van der Waals surface area contributed by atoms with Gasteiger partial charge in [-0.15, -0.1) is 0 Å². The molecule has 0 spiro atoms. The lowest BCUT2D eigenvalue weighted by atomic mass is 10.2. The summed E-state index contributed by atoms with van der Waals surface area (Å²) >= 11 is 1.39. The minimum absolute atomic E-state index is 0.254. The van der Waals surface area contributed by atoms with Crippen LogP contribution in [-0.4, -0.2) is 47.0 Å². The zero-order chi connectivity index (χ0) is 13.9. The summed E-state index contributed by atoms with van der Waals surface area (Å²) in [6.07, 6.45) is 0. The second-order valence-corrected chi connectivity index (χ2v) is 5.56. The van der Waals surface area contributed by atoms with Crippen LogP contribution in [0.2, 0.25) is 0 Å². The van der Waals surface area contributed by atoms with Crippen LogP contribution in [0.15, 0.2) is 24.3 Å². The Morgan fingerprint density at radius 2 is 2.05 bits per heavy atom. The van der Waals surface area contributed by atoms with Gasteiger partial charge in [-0.2, -0.15) is 9.36 Å². The molecule has 1 aliphatic heterocycles. The van der Waals surface area contributed by atoms with Crippen LogP contribution in [0.3, 0.4) is 0 Å². The minimum atomic E-state index is -0.254. The molecular formula is C14H17FN4S. The van der Waals surface area contributed by atoms with Crippen LogP contribution in [0, 0.1) is 5.82 Å². The number of likely N-dealkylation sites (N-methyl/N-ethyl adjacent to an activating group) is 1. The lowest BCUT2D eigenvalue weighted by Gasteiger charge is -2.33. The number of hydrogen-bond acceptors (Lipinski definition) is 5. The van der Waals surface area contributed by atoms with E-state index in [0.717, 1.165) is 43.4 Å². The molecule has 0 bridgehead atoms. The first-order valence-electron chi connectivity index (χ1n) is 6.83. The third kappa shape index (κ3) is 2.81. The van der Waals surface area contributed by atoms with Crippen molar-refractivity contribution in [3.8, 4) is 11.4 Å². The topological polar surface area (TPSA) is 32.3 Å². The average Bonchev–Trinajstić information content (AvgIpc) is 2.97. The highest BCUT2D eigenvalue weighted by atomic mass is 32.1. The third-order valence-electron chi connectivity index (χ3n) is 3.59. The van der Waals surface area contributed by atoms with Crippen molar-refractivity contribution < 1.29 is 4.39 Å². The van der Waals surface area contributed by atoms with Crippen LogP contribution in [0.4, 0.5) is 9.52 Å². The Hall–Kier alpha value is -1.53. The average molecular weight is 292 g/mol.